The number of alkyl halides is 3. The van der Waals surface area contributed by atoms with Crippen LogP contribution in [0.3, 0.4) is 0 Å². The third-order valence-electron chi connectivity index (χ3n) is 4.79. The first-order chi connectivity index (χ1) is 15.6. The Kier molecular flexibility index (Phi) is 8.32. The van der Waals surface area contributed by atoms with Gasteiger partial charge in [0.2, 0.25) is 5.91 Å². The molecule has 0 saturated heterocycles. The van der Waals surface area contributed by atoms with Gasteiger partial charge in [-0.3, -0.25) is 4.79 Å². The summed E-state index contributed by atoms with van der Waals surface area (Å²) in [6.07, 6.45) is -4.79. The van der Waals surface area contributed by atoms with Crippen molar-refractivity contribution in [2.24, 2.45) is 5.73 Å². The van der Waals surface area contributed by atoms with Crippen LogP contribution in [0.1, 0.15) is 36.1 Å². The Morgan fingerprint density at radius 3 is 2.15 bits per heavy atom. The lowest BCUT2D eigenvalue weighted by Crippen LogP contribution is -2.50. The summed E-state index contributed by atoms with van der Waals surface area (Å²) in [7, 11) is 0. The molecule has 3 N–H and O–H groups in total. The first kappa shape index (κ1) is 25.6. The fraction of sp³-hybridized carbons (Fsp3) is 0.200. The zero-order chi connectivity index (χ0) is 24.6. The van der Waals surface area contributed by atoms with Gasteiger partial charge in [0.25, 0.3) is 0 Å². The Morgan fingerprint density at radius 2 is 1.61 bits per heavy atom. The second-order valence-corrected chi connectivity index (χ2v) is 6.96. The largest absolute Gasteiger partial charge is 0.417 e. The van der Waals surface area contributed by atoms with Crippen molar-refractivity contribution < 1.29 is 22.4 Å². The first-order valence-electron chi connectivity index (χ1n) is 10.1. The molecule has 8 heteroatoms. The average molecular weight is 457 g/mol. The van der Waals surface area contributed by atoms with E-state index in [0.717, 1.165) is 6.07 Å². The lowest BCUT2D eigenvalue weighted by Gasteiger charge is -2.29. The van der Waals surface area contributed by atoms with Crippen molar-refractivity contribution in [3.8, 4) is 6.07 Å². The molecule has 0 fully saturated rings. The molecule has 0 aliphatic rings. The maximum Gasteiger partial charge on any atom is 0.417 e. The molecule has 0 aliphatic carbocycles. The number of anilines is 1. The van der Waals surface area contributed by atoms with E-state index in [2.05, 4.69) is 5.32 Å². The predicted octanol–water partition coefficient (Wildman–Crippen LogP) is 5.78. The molecule has 3 rings (SSSR count). The number of amides is 1. The minimum Gasteiger partial charge on any atom is -0.324 e. The zero-order valence-corrected chi connectivity index (χ0v) is 18.1. The normalized spacial score (nSPS) is 12.5. The SMILES string of the molecule is CC.N#Cc1ccc(NC(=O)C(N)(Cc2ccc(F)cc2)c2ccccc2)cc1C(F)(F)F. The Hall–Kier alpha value is -3.70. The lowest BCUT2D eigenvalue weighted by molar-refractivity contribution is -0.137. The van der Waals surface area contributed by atoms with Crippen LogP contribution in [-0.2, 0) is 22.9 Å². The van der Waals surface area contributed by atoms with Crippen LogP contribution in [0.5, 0.6) is 0 Å². The van der Waals surface area contributed by atoms with Gasteiger partial charge in [-0.1, -0.05) is 56.3 Å². The minimum absolute atomic E-state index is 0.0223. The summed E-state index contributed by atoms with van der Waals surface area (Å²) in [6, 6.07) is 18.1. The molecule has 0 radical (unpaired) electrons. The molecule has 172 valence electrons. The monoisotopic (exact) mass is 457 g/mol. The predicted molar refractivity (Wildman–Crippen MR) is 119 cm³/mol. The number of carbonyl (C=O) groups excluding carboxylic acids is 1. The molecule has 1 amide bonds. The summed E-state index contributed by atoms with van der Waals surface area (Å²) < 4.78 is 53.0. The number of hydrogen-bond donors (Lipinski definition) is 2. The van der Waals surface area contributed by atoms with E-state index in [1.54, 1.807) is 30.3 Å². The van der Waals surface area contributed by atoms with Gasteiger partial charge in [0, 0.05) is 12.1 Å². The van der Waals surface area contributed by atoms with Crippen LogP contribution in [0.2, 0.25) is 0 Å². The van der Waals surface area contributed by atoms with E-state index < -0.39 is 34.6 Å². The van der Waals surface area contributed by atoms with E-state index in [4.69, 9.17) is 11.0 Å². The van der Waals surface area contributed by atoms with Gasteiger partial charge >= 0.3 is 6.18 Å². The highest BCUT2D eigenvalue weighted by molar-refractivity contribution is 5.99. The Balaban J connectivity index is 0.00000187. The van der Waals surface area contributed by atoms with Crippen LogP contribution in [0, 0.1) is 17.1 Å². The standard InChI is InChI=1S/C23H17F4N3O.C2H6/c24-18-9-6-15(7-10-18)13-22(29,17-4-2-1-3-5-17)21(31)30-19-11-8-16(14-28)20(12-19)23(25,26)27;1-2/h1-12H,13,29H2,(H,30,31);1-2H3. The summed E-state index contributed by atoms with van der Waals surface area (Å²) >= 11 is 0. The molecule has 3 aromatic carbocycles. The van der Waals surface area contributed by atoms with Crippen molar-refractivity contribution in [1.29, 1.82) is 5.26 Å². The fourth-order valence-corrected chi connectivity index (χ4v) is 3.17. The number of halogens is 4. The van der Waals surface area contributed by atoms with Crippen molar-refractivity contribution in [1.82, 2.24) is 0 Å². The van der Waals surface area contributed by atoms with Gasteiger partial charge in [-0.2, -0.15) is 18.4 Å². The van der Waals surface area contributed by atoms with Crippen molar-refractivity contribution in [2.45, 2.75) is 32.0 Å². The van der Waals surface area contributed by atoms with Gasteiger partial charge in [0.15, 0.2) is 0 Å². The summed E-state index contributed by atoms with van der Waals surface area (Å²) in [5.74, 6) is -1.20. The quantitative estimate of drug-likeness (QED) is 0.477. The molecule has 0 bridgehead atoms. The topological polar surface area (TPSA) is 78.9 Å². The van der Waals surface area contributed by atoms with E-state index in [0.29, 0.717) is 17.2 Å². The highest BCUT2D eigenvalue weighted by atomic mass is 19.4. The smallest absolute Gasteiger partial charge is 0.324 e. The second kappa shape index (κ2) is 10.7. The number of nitrogens with zero attached hydrogens (tertiary/aromatic N) is 1. The van der Waals surface area contributed by atoms with E-state index in [1.165, 1.54) is 36.4 Å². The number of nitrogens with one attached hydrogen (secondary N) is 1. The van der Waals surface area contributed by atoms with Gasteiger partial charge in [-0.25, -0.2) is 4.39 Å². The van der Waals surface area contributed by atoms with Crippen molar-refractivity contribution in [2.75, 3.05) is 5.32 Å². The molecule has 0 aromatic heterocycles. The summed E-state index contributed by atoms with van der Waals surface area (Å²) in [4.78, 5) is 13.2. The lowest BCUT2D eigenvalue weighted by atomic mass is 9.83. The third-order valence-corrected chi connectivity index (χ3v) is 4.79. The fourth-order valence-electron chi connectivity index (χ4n) is 3.17. The van der Waals surface area contributed by atoms with Crippen LogP contribution in [0.4, 0.5) is 23.2 Å². The van der Waals surface area contributed by atoms with E-state index in [1.807, 2.05) is 13.8 Å². The van der Waals surface area contributed by atoms with E-state index in [-0.39, 0.29) is 12.1 Å². The number of nitrogens with two attached hydrogens (primary N) is 1. The molecule has 1 unspecified atom stereocenters. The summed E-state index contributed by atoms with van der Waals surface area (Å²) in [5.41, 5.74) is 3.97. The number of hydrogen-bond acceptors (Lipinski definition) is 3. The molecule has 4 nitrogen and oxygen atoms in total. The zero-order valence-electron chi connectivity index (χ0n) is 18.1. The van der Waals surface area contributed by atoms with Crippen LogP contribution in [0.25, 0.3) is 0 Å². The van der Waals surface area contributed by atoms with Crippen molar-refractivity contribution >= 4 is 11.6 Å². The van der Waals surface area contributed by atoms with Gasteiger partial charge in [0.1, 0.15) is 11.4 Å². The molecule has 0 heterocycles. The van der Waals surface area contributed by atoms with Gasteiger partial charge in [0.05, 0.1) is 17.2 Å². The molecule has 33 heavy (non-hydrogen) atoms. The highest BCUT2D eigenvalue weighted by Gasteiger charge is 2.37. The number of benzene rings is 3. The Labute approximate surface area is 189 Å². The number of nitriles is 1. The van der Waals surface area contributed by atoms with Gasteiger partial charge in [-0.15, -0.1) is 0 Å². The number of rotatable bonds is 5. The Morgan fingerprint density at radius 1 is 1.00 bits per heavy atom. The van der Waals surface area contributed by atoms with Gasteiger partial charge in [-0.05, 0) is 41.5 Å². The maximum absolute atomic E-state index is 13.3. The summed E-state index contributed by atoms with van der Waals surface area (Å²) in [5, 5.41) is 11.4. The van der Waals surface area contributed by atoms with Crippen molar-refractivity contribution in [3.63, 3.8) is 0 Å². The van der Waals surface area contributed by atoms with Crippen LogP contribution in [0.15, 0.2) is 72.8 Å². The van der Waals surface area contributed by atoms with E-state index >= 15 is 0 Å². The van der Waals surface area contributed by atoms with Crippen LogP contribution in [-0.4, -0.2) is 5.91 Å². The number of carbonyl (C=O) groups is 1. The average Bonchev–Trinajstić information content (AvgIpc) is 2.81. The highest BCUT2D eigenvalue weighted by Crippen LogP contribution is 2.34. The second-order valence-electron chi connectivity index (χ2n) is 6.96. The molecule has 0 aliphatic heterocycles. The van der Waals surface area contributed by atoms with Crippen LogP contribution < -0.4 is 11.1 Å². The minimum atomic E-state index is -4.76. The van der Waals surface area contributed by atoms with Gasteiger partial charge < -0.3 is 11.1 Å². The molecule has 3 aromatic rings. The Bertz CT molecular complexity index is 1120. The van der Waals surface area contributed by atoms with Crippen molar-refractivity contribution in [3.05, 3.63) is 101 Å². The molecule has 0 saturated carbocycles. The van der Waals surface area contributed by atoms with Crippen LogP contribution >= 0.6 is 0 Å². The third kappa shape index (κ3) is 6.18. The molecule has 1 atom stereocenters. The molecular formula is C25H23F4N3O. The van der Waals surface area contributed by atoms with E-state index in [9.17, 15) is 22.4 Å². The maximum atomic E-state index is 13.3. The molecular weight excluding hydrogens is 434 g/mol. The molecule has 0 spiro atoms. The summed E-state index contributed by atoms with van der Waals surface area (Å²) in [6.45, 7) is 4.00. The first-order valence-corrected chi connectivity index (χ1v) is 10.1.